The molecule has 2 nitrogen and oxygen atoms in total. The summed E-state index contributed by atoms with van der Waals surface area (Å²) >= 11 is 0. The molecule has 0 unspecified atom stereocenters. The number of aryl methyl sites for hydroxylation is 1. The Hall–Kier alpha value is -1.28. The van der Waals surface area contributed by atoms with Crippen LogP contribution in [-0.2, 0) is 13.0 Å². The summed E-state index contributed by atoms with van der Waals surface area (Å²) in [5.41, 5.74) is 2.86. The van der Waals surface area contributed by atoms with Crippen LogP contribution in [0.15, 0.2) is 30.5 Å². The maximum atomic E-state index is 3.64. The van der Waals surface area contributed by atoms with Crippen LogP contribution in [0.5, 0.6) is 0 Å². The molecule has 2 heteroatoms. The number of aromatic nitrogens is 1. The van der Waals surface area contributed by atoms with Crippen molar-refractivity contribution in [2.24, 2.45) is 0 Å². The summed E-state index contributed by atoms with van der Waals surface area (Å²) < 4.78 is 2.39. The van der Waals surface area contributed by atoms with Crippen molar-refractivity contribution in [3.63, 3.8) is 0 Å². The molecule has 0 fully saturated rings. The summed E-state index contributed by atoms with van der Waals surface area (Å²) in [6.07, 6.45) is 5.74. The molecule has 104 valence electrons. The Labute approximate surface area is 116 Å². The minimum atomic E-state index is 0.660. The molecule has 0 aliphatic carbocycles. The molecule has 2 rings (SSSR count). The fourth-order valence-electron chi connectivity index (χ4n) is 2.78. The number of nitrogens with one attached hydrogen (secondary N) is 1. The maximum absolute atomic E-state index is 3.64. The molecule has 0 amide bonds. The Morgan fingerprint density at radius 1 is 1.11 bits per heavy atom. The van der Waals surface area contributed by atoms with E-state index in [1.807, 2.05) is 0 Å². The van der Waals surface area contributed by atoms with Gasteiger partial charge >= 0.3 is 0 Å². The molecule has 1 aromatic carbocycles. The van der Waals surface area contributed by atoms with Gasteiger partial charge in [-0.1, -0.05) is 39.0 Å². The predicted octanol–water partition coefficient (Wildman–Crippen LogP) is 3.98. The molecule has 1 N–H and O–H groups in total. The topological polar surface area (TPSA) is 17.0 Å². The van der Waals surface area contributed by atoms with Crippen molar-refractivity contribution < 1.29 is 0 Å². The van der Waals surface area contributed by atoms with Gasteiger partial charge in [0.05, 0.1) is 5.52 Å². The number of nitrogens with zero attached hydrogens (tertiary/aromatic N) is 1. The first-order valence-electron chi connectivity index (χ1n) is 7.60. The van der Waals surface area contributed by atoms with Crippen LogP contribution in [0.1, 0.15) is 39.2 Å². The minimum absolute atomic E-state index is 0.660. The van der Waals surface area contributed by atoms with E-state index >= 15 is 0 Å². The average molecular weight is 258 g/mol. The third kappa shape index (κ3) is 3.19. The molecule has 0 bridgehead atoms. The van der Waals surface area contributed by atoms with Gasteiger partial charge in [-0.05, 0) is 36.3 Å². The molecule has 0 saturated heterocycles. The van der Waals surface area contributed by atoms with Gasteiger partial charge in [-0.2, -0.15) is 0 Å². The van der Waals surface area contributed by atoms with Crippen LogP contribution in [0, 0.1) is 0 Å². The Kier molecular flexibility index (Phi) is 5.03. The first-order chi connectivity index (χ1) is 9.30. The predicted molar refractivity (Wildman–Crippen MR) is 83.7 cm³/mol. The molecule has 0 saturated carbocycles. The van der Waals surface area contributed by atoms with Crippen LogP contribution >= 0.6 is 0 Å². The Morgan fingerprint density at radius 3 is 2.58 bits per heavy atom. The number of rotatable bonds is 7. The Bertz CT molecular complexity index is 509. The molecule has 0 spiro atoms. The summed E-state index contributed by atoms with van der Waals surface area (Å²) in [6, 6.07) is 9.50. The molecule has 19 heavy (non-hydrogen) atoms. The van der Waals surface area contributed by atoms with Gasteiger partial charge in [-0.15, -0.1) is 0 Å². The molecular formula is C17H26N2. The number of benzene rings is 1. The van der Waals surface area contributed by atoms with Crippen molar-refractivity contribution >= 4 is 10.9 Å². The van der Waals surface area contributed by atoms with Gasteiger partial charge in [-0.25, -0.2) is 0 Å². The number of hydrogen-bond donors (Lipinski definition) is 1. The molecule has 0 aliphatic heterocycles. The van der Waals surface area contributed by atoms with E-state index in [-0.39, 0.29) is 0 Å². The second kappa shape index (κ2) is 6.76. The highest BCUT2D eigenvalue weighted by Crippen LogP contribution is 2.20. The summed E-state index contributed by atoms with van der Waals surface area (Å²) in [5.74, 6) is 0. The molecule has 0 radical (unpaired) electrons. The molecule has 2 aromatic rings. The van der Waals surface area contributed by atoms with Crippen LogP contribution in [0.2, 0.25) is 0 Å². The lowest BCUT2D eigenvalue weighted by Crippen LogP contribution is -2.30. The highest BCUT2D eigenvalue weighted by Gasteiger charge is 2.06. The lowest BCUT2D eigenvalue weighted by atomic mass is 10.1. The SMILES string of the molecule is CCc1cccc2ccn(CCNC(CC)CC)c12. The van der Waals surface area contributed by atoms with Crippen molar-refractivity contribution in [3.8, 4) is 0 Å². The quantitative estimate of drug-likeness (QED) is 0.795. The average Bonchev–Trinajstić information content (AvgIpc) is 2.87. The van der Waals surface area contributed by atoms with E-state index in [1.165, 1.54) is 29.3 Å². The monoisotopic (exact) mass is 258 g/mol. The lowest BCUT2D eigenvalue weighted by Gasteiger charge is -2.15. The zero-order valence-corrected chi connectivity index (χ0v) is 12.4. The first kappa shape index (κ1) is 14.1. The number of para-hydroxylation sites is 1. The van der Waals surface area contributed by atoms with E-state index in [1.54, 1.807) is 0 Å². The van der Waals surface area contributed by atoms with E-state index in [0.717, 1.165) is 19.5 Å². The van der Waals surface area contributed by atoms with Crippen LogP contribution in [-0.4, -0.2) is 17.2 Å². The number of fused-ring (bicyclic) bond motifs is 1. The van der Waals surface area contributed by atoms with E-state index in [0.29, 0.717) is 6.04 Å². The highest BCUT2D eigenvalue weighted by atomic mass is 15.0. The summed E-state index contributed by atoms with van der Waals surface area (Å²) in [6.45, 7) is 8.84. The molecule has 0 aliphatic rings. The third-order valence-electron chi connectivity index (χ3n) is 4.02. The van der Waals surface area contributed by atoms with Crippen molar-refractivity contribution in [2.75, 3.05) is 6.54 Å². The van der Waals surface area contributed by atoms with Crippen LogP contribution in [0.25, 0.3) is 10.9 Å². The van der Waals surface area contributed by atoms with Gasteiger partial charge in [0.25, 0.3) is 0 Å². The molecular weight excluding hydrogens is 232 g/mol. The van der Waals surface area contributed by atoms with Crippen molar-refractivity contribution in [1.29, 1.82) is 0 Å². The fourth-order valence-corrected chi connectivity index (χ4v) is 2.78. The van der Waals surface area contributed by atoms with Gasteiger partial charge in [0, 0.05) is 25.3 Å². The molecule has 1 aromatic heterocycles. The molecule has 0 atom stereocenters. The van der Waals surface area contributed by atoms with E-state index in [4.69, 9.17) is 0 Å². The van der Waals surface area contributed by atoms with Gasteiger partial charge in [-0.3, -0.25) is 0 Å². The fraction of sp³-hybridized carbons (Fsp3) is 0.529. The van der Waals surface area contributed by atoms with Crippen molar-refractivity contribution in [3.05, 3.63) is 36.0 Å². The largest absolute Gasteiger partial charge is 0.346 e. The van der Waals surface area contributed by atoms with Gasteiger partial charge < -0.3 is 9.88 Å². The Balaban J connectivity index is 2.08. The van der Waals surface area contributed by atoms with Crippen LogP contribution in [0.4, 0.5) is 0 Å². The second-order valence-electron chi connectivity index (χ2n) is 5.19. The van der Waals surface area contributed by atoms with Crippen molar-refractivity contribution in [2.45, 2.75) is 52.6 Å². The normalized spacial score (nSPS) is 11.6. The standard InChI is InChI=1S/C17H26N2/c1-4-14-8-7-9-15-10-12-19(17(14)15)13-11-18-16(5-2)6-3/h7-10,12,16,18H,4-6,11,13H2,1-3H3. The smallest absolute Gasteiger partial charge is 0.0513 e. The minimum Gasteiger partial charge on any atom is -0.346 e. The maximum Gasteiger partial charge on any atom is 0.0513 e. The van der Waals surface area contributed by atoms with E-state index in [2.05, 4.69) is 61.1 Å². The van der Waals surface area contributed by atoms with Gasteiger partial charge in [0.2, 0.25) is 0 Å². The van der Waals surface area contributed by atoms with E-state index < -0.39 is 0 Å². The number of hydrogen-bond acceptors (Lipinski definition) is 1. The summed E-state index contributed by atoms with van der Waals surface area (Å²) in [7, 11) is 0. The lowest BCUT2D eigenvalue weighted by molar-refractivity contribution is 0.468. The summed E-state index contributed by atoms with van der Waals surface area (Å²) in [4.78, 5) is 0. The zero-order chi connectivity index (χ0) is 13.7. The Morgan fingerprint density at radius 2 is 1.89 bits per heavy atom. The van der Waals surface area contributed by atoms with E-state index in [9.17, 15) is 0 Å². The molecule has 1 heterocycles. The van der Waals surface area contributed by atoms with Crippen molar-refractivity contribution in [1.82, 2.24) is 9.88 Å². The zero-order valence-electron chi connectivity index (χ0n) is 12.4. The van der Waals surface area contributed by atoms with Crippen LogP contribution in [0.3, 0.4) is 0 Å². The van der Waals surface area contributed by atoms with Crippen LogP contribution < -0.4 is 5.32 Å². The highest BCUT2D eigenvalue weighted by molar-refractivity contribution is 5.83. The van der Waals surface area contributed by atoms with Gasteiger partial charge in [0.15, 0.2) is 0 Å². The summed E-state index contributed by atoms with van der Waals surface area (Å²) in [5, 5.41) is 5.00. The first-order valence-corrected chi connectivity index (χ1v) is 7.60. The second-order valence-corrected chi connectivity index (χ2v) is 5.19. The van der Waals surface area contributed by atoms with Gasteiger partial charge in [0.1, 0.15) is 0 Å². The third-order valence-corrected chi connectivity index (χ3v) is 4.02.